The van der Waals surface area contributed by atoms with E-state index < -0.39 is 17.1 Å². The van der Waals surface area contributed by atoms with Gasteiger partial charge in [-0.1, -0.05) is 12.1 Å². The average Bonchev–Trinajstić information content (AvgIpc) is 2.29. The number of hydrogen-bond donors (Lipinski definition) is 1. The Morgan fingerprint density at radius 2 is 2.00 bits per heavy atom. The van der Waals surface area contributed by atoms with E-state index >= 15 is 0 Å². The molecule has 0 amide bonds. The van der Waals surface area contributed by atoms with Crippen LogP contribution in [0.1, 0.15) is 6.92 Å². The van der Waals surface area contributed by atoms with Gasteiger partial charge in [0, 0.05) is 18.2 Å². The molecule has 0 radical (unpaired) electrons. The van der Waals surface area contributed by atoms with E-state index in [-0.39, 0.29) is 17.8 Å². The van der Waals surface area contributed by atoms with Crippen molar-refractivity contribution in [3.8, 4) is 11.3 Å². The molecule has 0 unspecified atom stereocenters. The highest BCUT2D eigenvalue weighted by atomic mass is 19.1. The third-order valence-corrected chi connectivity index (χ3v) is 2.50. The topological polar surface area (TPSA) is 54.9 Å². The predicted octanol–water partition coefficient (Wildman–Crippen LogP) is 1.36. The highest BCUT2D eigenvalue weighted by Crippen LogP contribution is 2.17. The molecule has 1 aromatic heterocycles. The first-order valence-corrected chi connectivity index (χ1v) is 5.22. The standard InChI is InChI=1S/C12H11FN2O2/c1-2-15-11(16)7-10(14-12(15)17)8-5-3-4-6-9(8)13/h3-7H,2H2,1H3,(H,14,17). The Morgan fingerprint density at radius 3 is 2.59 bits per heavy atom. The number of nitrogens with one attached hydrogen (secondary N) is 1. The maximum atomic E-state index is 13.5. The van der Waals surface area contributed by atoms with Crippen LogP contribution in [0.2, 0.25) is 0 Å². The first-order chi connectivity index (χ1) is 8.13. The van der Waals surface area contributed by atoms with Crippen molar-refractivity contribution in [1.82, 2.24) is 9.55 Å². The number of rotatable bonds is 2. The van der Waals surface area contributed by atoms with Gasteiger partial charge >= 0.3 is 5.69 Å². The van der Waals surface area contributed by atoms with Crippen molar-refractivity contribution in [2.75, 3.05) is 0 Å². The number of aromatic nitrogens is 2. The maximum Gasteiger partial charge on any atom is 0.328 e. The minimum atomic E-state index is -0.529. The first-order valence-electron chi connectivity index (χ1n) is 5.22. The Balaban J connectivity index is 2.67. The summed E-state index contributed by atoms with van der Waals surface area (Å²) >= 11 is 0. The Hall–Kier alpha value is -2.17. The van der Waals surface area contributed by atoms with Crippen LogP contribution in [-0.2, 0) is 6.54 Å². The van der Waals surface area contributed by atoms with Gasteiger partial charge in [-0.15, -0.1) is 0 Å². The number of aromatic amines is 1. The van der Waals surface area contributed by atoms with E-state index in [1.165, 1.54) is 18.2 Å². The molecule has 0 bridgehead atoms. The van der Waals surface area contributed by atoms with Gasteiger partial charge in [0.25, 0.3) is 5.56 Å². The lowest BCUT2D eigenvalue weighted by atomic mass is 10.1. The predicted molar refractivity (Wildman–Crippen MR) is 62.4 cm³/mol. The minimum absolute atomic E-state index is 0.197. The van der Waals surface area contributed by atoms with Gasteiger partial charge < -0.3 is 4.98 Å². The number of halogens is 1. The molecule has 1 aromatic carbocycles. The zero-order chi connectivity index (χ0) is 12.4. The van der Waals surface area contributed by atoms with Gasteiger partial charge in [0.1, 0.15) is 5.82 Å². The second kappa shape index (κ2) is 4.37. The Kier molecular flexibility index (Phi) is 2.91. The van der Waals surface area contributed by atoms with Crippen LogP contribution < -0.4 is 11.2 Å². The van der Waals surface area contributed by atoms with Crippen molar-refractivity contribution in [2.45, 2.75) is 13.5 Å². The molecule has 0 aliphatic carbocycles. The summed E-state index contributed by atoms with van der Waals surface area (Å²) in [4.78, 5) is 25.7. The van der Waals surface area contributed by atoms with E-state index in [1.807, 2.05) is 0 Å². The van der Waals surface area contributed by atoms with Crippen LogP contribution in [-0.4, -0.2) is 9.55 Å². The van der Waals surface area contributed by atoms with Gasteiger partial charge in [0.2, 0.25) is 0 Å². The molecule has 1 N–H and O–H groups in total. The highest BCUT2D eigenvalue weighted by molar-refractivity contribution is 5.58. The molecule has 0 saturated carbocycles. The molecule has 5 heteroatoms. The summed E-state index contributed by atoms with van der Waals surface area (Å²) in [6.07, 6.45) is 0. The minimum Gasteiger partial charge on any atom is -0.307 e. The van der Waals surface area contributed by atoms with Crippen molar-refractivity contribution in [3.63, 3.8) is 0 Å². The molecule has 17 heavy (non-hydrogen) atoms. The molecule has 2 aromatic rings. The molecule has 4 nitrogen and oxygen atoms in total. The first kappa shape index (κ1) is 11.3. The number of nitrogens with zero attached hydrogens (tertiary/aromatic N) is 1. The van der Waals surface area contributed by atoms with Gasteiger partial charge in [0.15, 0.2) is 0 Å². The second-order valence-corrected chi connectivity index (χ2v) is 3.55. The fourth-order valence-corrected chi connectivity index (χ4v) is 1.64. The lowest BCUT2D eigenvalue weighted by Gasteiger charge is -2.05. The van der Waals surface area contributed by atoms with Crippen molar-refractivity contribution in [1.29, 1.82) is 0 Å². The second-order valence-electron chi connectivity index (χ2n) is 3.55. The van der Waals surface area contributed by atoms with Crippen LogP contribution in [0.15, 0.2) is 39.9 Å². The Morgan fingerprint density at radius 1 is 1.29 bits per heavy atom. The molecule has 0 atom stereocenters. The van der Waals surface area contributed by atoms with Crippen LogP contribution in [0.4, 0.5) is 4.39 Å². The van der Waals surface area contributed by atoms with E-state index in [9.17, 15) is 14.0 Å². The summed E-state index contributed by atoms with van der Waals surface area (Å²) < 4.78 is 14.5. The molecular formula is C12H11FN2O2. The monoisotopic (exact) mass is 234 g/mol. The summed E-state index contributed by atoms with van der Waals surface area (Å²) in [5, 5.41) is 0. The van der Waals surface area contributed by atoms with E-state index in [2.05, 4.69) is 4.98 Å². The van der Waals surface area contributed by atoms with Gasteiger partial charge in [0.05, 0.1) is 5.69 Å². The molecule has 2 rings (SSSR count). The lowest BCUT2D eigenvalue weighted by molar-refractivity contribution is 0.628. The summed E-state index contributed by atoms with van der Waals surface area (Å²) in [6.45, 7) is 1.98. The van der Waals surface area contributed by atoms with E-state index in [4.69, 9.17) is 0 Å². The molecule has 88 valence electrons. The average molecular weight is 234 g/mol. The van der Waals surface area contributed by atoms with Crippen molar-refractivity contribution in [3.05, 3.63) is 57.0 Å². The zero-order valence-electron chi connectivity index (χ0n) is 9.24. The third kappa shape index (κ3) is 2.04. The van der Waals surface area contributed by atoms with Crippen LogP contribution in [0.3, 0.4) is 0 Å². The molecule has 1 heterocycles. The number of benzene rings is 1. The van der Waals surface area contributed by atoms with Crippen LogP contribution in [0.25, 0.3) is 11.3 Å². The number of H-pyrrole nitrogens is 1. The zero-order valence-corrected chi connectivity index (χ0v) is 9.24. The maximum absolute atomic E-state index is 13.5. The lowest BCUT2D eigenvalue weighted by Crippen LogP contribution is -2.34. The molecule has 0 saturated heterocycles. The molecule has 0 spiro atoms. The quantitative estimate of drug-likeness (QED) is 0.853. The van der Waals surface area contributed by atoms with Crippen LogP contribution >= 0.6 is 0 Å². The van der Waals surface area contributed by atoms with E-state index in [0.29, 0.717) is 0 Å². The SMILES string of the molecule is CCn1c(=O)cc(-c2ccccc2F)[nH]c1=O. The molecule has 0 aliphatic heterocycles. The van der Waals surface area contributed by atoms with Crippen molar-refractivity contribution >= 4 is 0 Å². The summed E-state index contributed by atoms with van der Waals surface area (Å²) in [6, 6.07) is 7.20. The molecular weight excluding hydrogens is 223 g/mol. The summed E-state index contributed by atoms with van der Waals surface area (Å²) in [5.74, 6) is -0.475. The smallest absolute Gasteiger partial charge is 0.307 e. The van der Waals surface area contributed by atoms with Gasteiger partial charge in [-0.05, 0) is 19.1 Å². The van der Waals surface area contributed by atoms with Crippen LogP contribution in [0.5, 0.6) is 0 Å². The van der Waals surface area contributed by atoms with Gasteiger partial charge in [-0.2, -0.15) is 0 Å². The third-order valence-electron chi connectivity index (χ3n) is 2.50. The summed E-state index contributed by atoms with van der Waals surface area (Å²) in [7, 11) is 0. The fourth-order valence-electron chi connectivity index (χ4n) is 1.64. The highest BCUT2D eigenvalue weighted by Gasteiger charge is 2.08. The Bertz CT molecular complexity index is 627. The largest absolute Gasteiger partial charge is 0.328 e. The molecule has 0 fully saturated rings. The van der Waals surface area contributed by atoms with Crippen molar-refractivity contribution in [2.24, 2.45) is 0 Å². The fraction of sp³-hybridized carbons (Fsp3) is 0.167. The van der Waals surface area contributed by atoms with E-state index in [1.54, 1.807) is 19.1 Å². The van der Waals surface area contributed by atoms with Crippen molar-refractivity contribution < 1.29 is 4.39 Å². The molecule has 0 aliphatic rings. The number of hydrogen-bond acceptors (Lipinski definition) is 2. The van der Waals surface area contributed by atoms with E-state index in [0.717, 1.165) is 4.57 Å². The normalized spacial score (nSPS) is 10.5. The summed E-state index contributed by atoms with van der Waals surface area (Å²) in [5.41, 5.74) is -0.555. The van der Waals surface area contributed by atoms with Crippen LogP contribution in [0, 0.1) is 5.82 Å². The Labute approximate surface area is 96.4 Å². The van der Waals surface area contributed by atoms with Gasteiger partial charge in [-0.25, -0.2) is 9.18 Å². The van der Waals surface area contributed by atoms with Gasteiger partial charge in [-0.3, -0.25) is 9.36 Å².